The van der Waals surface area contributed by atoms with E-state index in [0.717, 1.165) is 17.9 Å². The van der Waals surface area contributed by atoms with Gasteiger partial charge in [-0.3, -0.25) is 0 Å². The number of methoxy groups -OCH3 is 1. The zero-order chi connectivity index (χ0) is 24.5. The molecule has 1 heterocycles. The van der Waals surface area contributed by atoms with Gasteiger partial charge in [0.2, 0.25) is 0 Å². The molecular formula is C24H22F5NO2S. The first-order chi connectivity index (χ1) is 15.5. The Morgan fingerprint density at radius 2 is 1.73 bits per heavy atom. The number of benzene rings is 2. The second-order valence-corrected chi connectivity index (χ2v) is 8.53. The van der Waals surface area contributed by atoms with Crippen molar-refractivity contribution in [2.45, 2.75) is 38.1 Å². The predicted molar refractivity (Wildman–Crippen MR) is 119 cm³/mol. The Morgan fingerprint density at radius 3 is 2.27 bits per heavy atom. The highest BCUT2D eigenvalue weighted by Crippen LogP contribution is 2.44. The molecule has 3 aromatic rings. The molecule has 3 rings (SSSR count). The second-order valence-electron chi connectivity index (χ2n) is 8.01. The normalized spacial score (nSPS) is 13.1. The lowest BCUT2D eigenvalue weighted by molar-refractivity contribution is -0.142. The van der Waals surface area contributed by atoms with Crippen molar-refractivity contribution >= 4 is 29.4 Å². The Morgan fingerprint density at radius 1 is 1.09 bits per heavy atom. The topological polar surface area (TPSA) is 39.2 Å². The van der Waals surface area contributed by atoms with Crippen LogP contribution in [0.2, 0.25) is 0 Å². The van der Waals surface area contributed by atoms with E-state index in [9.17, 15) is 26.7 Å². The number of esters is 1. The van der Waals surface area contributed by atoms with E-state index < -0.39 is 46.3 Å². The van der Waals surface area contributed by atoms with Crippen LogP contribution >= 0.6 is 12.6 Å². The maximum Gasteiger partial charge on any atom is 0.433 e. The Bertz CT molecular complexity index is 1180. The zero-order valence-electron chi connectivity index (χ0n) is 18.1. The summed E-state index contributed by atoms with van der Waals surface area (Å²) in [5.41, 5.74) is -3.54. The summed E-state index contributed by atoms with van der Waals surface area (Å²) in [7, 11) is 0.982. The number of rotatable bonds is 6. The number of nitrogens with zero attached hydrogens (tertiary/aromatic N) is 1. The third-order valence-corrected chi connectivity index (χ3v) is 5.77. The maximum absolute atomic E-state index is 14.1. The smallest absolute Gasteiger partial charge is 0.433 e. The van der Waals surface area contributed by atoms with Crippen molar-refractivity contribution in [1.82, 2.24) is 4.98 Å². The highest BCUT2D eigenvalue weighted by atomic mass is 32.1. The summed E-state index contributed by atoms with van der Waals surface area (Å²) in [5.74, 6) is -1.42. The van der Waals surface area contributed by atoms with Gasteiger partial charge in [-0.15, -0.1) is 0 Å². The van der Waals surface area contributed by atoms with Gasteiger partial charge in [-0.05, 0) is 40.3 Å². The first kappa shape index (κ1) is 25.0. The maximum atomic E-state index is 14.1. The molecule has 2 aromatic carbocycles. The van der Waals surface area contributed by atoms with Crippen LogP contribution in [0, 0.1) is 5.92 Å². The van der Waals surface area contributed by atoms with Crippen molar-refractivity contribution in [2.75, 3.05) is 7.11 Å². The first-order valence-corrected chi connectivity index (χ1v) is 10.6. The highest BCUT2D eigenvalue weighted by molar-refractivity contribution is 7.80. The number of thiol groups is 1. The molecule has 1 unspecified atom stereocenters. The molecule has 3 nitrogen and oxygen atoms in total. The van der Waals surface area contributed by atoms with Gasteiger partial charge < -0.3 is 4.74 Å². The fourth-order valence-corrected chi connectivity index (χ4v) is 4.27. The van der Waals surface area contributed by atoms with Crippen LogP contribution in [0.25, 0.3) is 10.8 Å². The van der Waals surface area contributed by atoms with Crippen LogP contribution in [0.3, 0.4) is 0 Å². The number of pyridine rings is 1. The number of ether oxygens (including phenoxy) is 1. The van der Waals surface area contributed by atoms with Crippen molar-refractivity contribution < 1.29 is 31.5 Å². The lowest BCUT2D eigenvalue weighted by Gasteiger charge is -2.26. The van der Waals surface area contributed by atoms with Gasteiger partial charge in [0.15, 0.2) is 0 Å². The van der Waals surface area contributed by atoms with Gasteiger partial charge in [-0.25, -0.2) is 18.6 Å². The average molecular weight is 484 g/mol. The molecule has 0 amide bonds. The van der Waals surface area contributed by atoms with E-state index >= 15 is 0 Å². The van der Waals surface area contributed by atoms with E-state index in [1.54, 1.807) is 44.2 Å². The fourth-order valence-electron chi connectivity index (χ4n) is 3.83. The van der Waals surface area contributed by atoms with Crippen LogP contribution in [0.1, 0.15) is 64.0 Å². The minimum absolute atomic E-state index is 0.0737. The monoisotopic (exact) mass is 483 g/mol. The van der Waals surface area contributed by atoms with Crippen molar-refractivity contribution in [3.63, 3.8) is 0 Å². The number of hydrogen-bond acceptors (Lipinski definition) is 4. The van der Waals surface area contributed by atoms with Crippen molar-refractivity contribution in [3.8, 4) is 0 Å². The van der Waals surface area contributed by atoms with Crippen molar-refractivity contribution in [1.29, 1.82) is 0 Å². The van der Waals surface area contributed by atoms with Crippen LogP contribution in [0.4, 0.5) is 22.0 Å². The van der Waals surface area contributed by atoms with E-state index in [1.807, 2.05) is 12.1 Å². The number of fused-ring (bicyclic) bond motifs is 1. The van der Waals surface area contributed by atoms with Crippen LogP contribution < -0.4 is 0 Å². The average Bonchev–Trinajstić information content (AvgIpc) is 2.75. The van der Waals surface area contributed by atoms with Crippen LogP contribution in [-0.2, 0) is 17.3 Å². The Balaban J connectivity index is 2.40. The number of hydrogen-bond donors (Lipinski definition) is 1. The molecule has 0 aliphatic carbocycles. The molecule has 9 heteroatoms. The molecule has 0 aliphatic rings. The van der Waals surface area contributed by atoms with E-state index in [-0.39, 0.29) is 17.9 Å². The SMILES string of the molecule is COC(=O)c1c(C(F)F)nc(C(F)(F)F)c(C(S)c2ccc3ccccc3c2)c1CC(C)C. The van der Waals surface area contributed by atoms with Crippen LogP contribution in [0.15, 0.2) is 42.5 Å². The molecule has 0 radical (unpaired) electrons. The first-order valence-electron chi connectivity index (χ1n) is 10.1. The largest absolute Gasteiger partial charge is 0.465 e. The molecule has 0 bridgehead atoms. The number of aromatic nitrogens is 1. The van der Waals surface area contributed by atoms with Gasteiger partial charge in [0.05, 0.1) is 17.9 Å². The van der Waals surface area contributed by atoms with E-state index in [0.29, 0.717) is 5.56 Å². The van der Waals surface area contributed by atoms with Crippen molar-refractivity contribution in [3.05, 3.63) is 76.1 Å². The molecule has 0 spiro atoms. The standard InChI is InChI=1S/C24H22F5NO2S/c1-12(2)10-16-17(23(31)32-3)19(22(25)26)30-21(24(27,28)29)18(16)20(33)15-9-8-13-6-4-5-7-14(13)11-15/h4-9,11-12,20,22,33H,10H2,1-3H3. The molecule has 1 aromatic heterocycles. The molecule has 176 valence electrons. The fraction of sp³-hybridized carbons (Fsp3) is 0.333. The van der Waals surface area contributed by atoms with E-state index in [4.69, 9.17) is 0 Å². The minimum Gasteiger partial charge on any atom is -0.465 e. The summed E-state index contributed by atoms with van der Waals surface area (Å²) in [6, 6.07) is 12.3. The van der Waals surface area contributed by atoms with E-state index in [2.05, 4.69) is 22.3 Å². The minimum atomic E-state index is -5.04. The Labute approximate surface area is 193 Å². The summed E-state index contributed by atoms with van der Waals surface area (Å²) in [5, 5.41) is 0.475. The summed E-state index contributed by atoms with van der Waals surface area (Å²) in [4.78, 5) is 15.8. The quantitative estimate of drug-likeness (QED) is 0.229. The molecule has 0 aliphatic heterocycles. The van der Waals surface area contributed by atoms with Crippen LogP contribution in [-0.4, -0.2) is 18.1 Å². The number of alkyl halides is 5. The van der Waals surface area contributed by atoms with E-state index in [1.165, 1.54) is 0 Å². The van der Waals surface area contributed by atoms with Gasteiger partial charge >= 0.3 is 12.1 Å². The third-order valence-electron chi connectivity index (χ3n) is 5.21. The Kier molecular flexibility index (Phi) is 7.31. The molecule has 0 N–H and O–H groups in total. The van der Waals surface area contributed by atoms with Gasteiger partial charge in [0, 0.05) is 5.56 Å². The molecule has 1 atom stereocenters. The molecule has 0 saturated heterocycles. The predicted octanol–water partition coefficient (Wildman–Crippen LogP) is 7.20. The van der Waals surface area contributed by atoms with Gasteiger partial charge in [0.1, 0.15) is 11.4 Å². The second kappa shape index (κ2) is 9.67. The summed E-state index contributed by atoms with van der Waals surface area (Å²) in [6.45, 7) is 3.42. The Hall–Kier alpha value is -2.68. The lowest BCUT2D eigenvalue weighted by Crippen LogP contribution is -2.23. The summed E-state index contributed by atoms with van der Waals surface area (Å²) in [6.07, 6.45) is -8.52. The number of carbonyl (C=O) groups is 1. The number of carbonyl (C=O) groups excluding carboxylic acids is 1. The summed E-state index contributed by atoms with van der Waals surface area (Å²) < 4.78 is 74.5. The molecule has 0 saturated carbocycles. The van der Waals surface area contributed by atoms with Gasteiger partial charge in [0.25, 0.3) is 6.43 Å². The zero-order valence-corrected chi connectivity index (χ0v) is 19.0. The lowest BCUT2D eigenvalue weighted by atomic mass is 9.87. The van der Waals surface area contributed by atoms with Gasteiger partial charge in [-0.2, -0.15) is 25.8 Å². The highest BCUT2D eigenvalue weighted by Gasteiger charge is 2.42. The summed E-state index contributed by atoms with van der Waals surface area (Å²) >= 11 is 4.48. The van der Waals surface area contributed by atoms with Crippen molar-refractivity contribution in [2.24, 2.45) is 5.92 Å². The number of halogens is 5. The molecular weight excluding hydrogens is 461 g/mol. The third kappa shape index (κ3) is 5.13. The van der Waals surface area contributed by atoms with Gasteiger partial charge in [-0.1, -0.05) is 50.2 Å². The molecule has 33 heavy (non-hydrogen) atoms. The van der Waals surface area contributed by atoms with Crippen LogP contribution in [0.5, 0.6) is 0 Å². The molecule has 0 fully saturated rings.